The zero-order valence-corrected chi connectivity index (χ0v) is 37.5. The summed E-state index contributed by atoms with van der Waals surface area (Å²) in [5.74, 6) is -1.77. The molecule has 3 aliphatic rings. The zero-order chi connectivity index (χ0) is 46.8. The first kappa shape index (κ1) is 48.3. The summed E-state index contributed by atoms with van der Waals surface area (Å²) in [6.45, 7) is 4.23. The summed E-state index contributed by atoms with van der Waals surface area (Å²) >= 11 is 0. The van der Waals surface area contributed by atoms with Gasteiger partial charge in [-0.3, -0.25) is 32.3 Å². The summed E-state index contributed by atoms with van der Waals surface area (Å²) in [5.41, 5.74) is 13.7. The normalized spacial score (nSPS) is 28.3. The van der Waals surface area contributed by atoms with Crippen LogP contribution in [0.3, 0.4) is 0 Å². The first-order valence-electron chi connectivity index (χ1n) is 20.9. The highest BCUT2D eigenvalue weighted by molar-refractivity contribution is 7.47. The number of esters is 2. The van der Waals surface area contributed by atoms with Crippen LogP contribution in [-0.2, 0) is 57.8 Å². The second-order valence-corrected chi connectivity index (χ2v) is 19.4. The molecule has 7 rings (SSSR count). The Balaban J connectivity index is 1.00. The zero-order valence-electron chi connectivity index (χ0n) is 35.7. The van der Waals surface area contributed by atoms with Crippen molar-refractivity contribution in [3.63, 3.8) is 0 Å². The molecule has 0 spiro atoms. The van der Waals surface area contributed by atoms with E-state index in [1.807, 2.05) is 38.1 Å². The number of nitrogens with two attached hydrogens (primary N) is 2. The number of ether oxygens (including phenoxy) is 4. The smallest absolute Gasteiger partial charge is 0.461 e. The average molecular weight is 950 g/mol. The molecule has 4 aromatic rings. The van der Waals surface area contributed by atoms with E-state index in [0.717, 1.165) is 22.1 Å². The molecule has 0 bridgehead atoms. The van der Waals surface area contributed by atoms with Gasteiger partial charge in [-0.2, -0.15) is 4.98 Å². The minimum Gasteiger partial charge on any atom is -0.461 e. The Kier molecular flexibility index (Phi) is 14.9. The lowest BCUT2D eigenvalue weighted by atomic mass is 9.94. The fourth-order valence-corrected chi connectivity index (χ4v) is 9.73. The number of hydrogen-bond acceptors (Lipinski definition) is 18. The molecular weight excluding hydrogens is 896 g/mol. The maximum Gasteiger partial charge on any atom is 0.472 e. The molecule has 2 saturated heterocycles. The Bertz CT molecular complexity index is 2490. The van der Waals surface area contributed by atoms with Gasteiger partial charge in [-0.25, -0.2) is 23.9 Å². The van der Waals surface area contributed by atoms with Crippen molar-refractivity contribution in [1.29, 1.82) is 0 Å². The third kappa shape index (κ3) is 11.9. The molecule has 0 radical (unpaired) electrons. The quantitative estimate of drug-likeness (QED) is 0.0616. The summed E-state index contributed by atoms with van der Waals surface area (Å²) in [7, 11) is -10.2. The van der Waals surface area contributed by atoms with Gasteiger partial charge in [-0.1, -0.05) is 43.7 Å². The number of aryl methyl sites for hydroxylation is 1. The second-order valence-electron chi connectivity index (χ2n) is 16.8. The van der Waals surface area contributed by atoms with Crippen molar-refractivity contribution < 1.29 is 71.0 Å². The van der Waals surface area contributed by atoms with Crippen LogP contribution in [0.5, 0.6) is 0 Å². The Hall–Kier alpha value is -4.64. The van der Waals surface area contributed by atoms with Gasteiger partial charge in [-0.05, 0) is 62.1 Å². The van der Waals surface area contributed by atoms with Gasteiger partial charge in [0.2, 0.25) is 0 Å². The van der Waals surface area contributed by atoms with Gasteiger partial charge < -0.3 is 50.2 Å². The van der Waals surface area contributed by atoms with E-state index in [-0.39, 0.29) is 48.2 Å². The standard InChI is InChI=1S/C40H53N7O16P2/c1-21-4-7-24(8-5-21)17-57-39(50)26-15-25(14-23(26)3)9-6-22(2)38(49)62-35-30(61-37(34(35)48)47-20-44-33-27(41)10-12-43-36(33)47)19-59-65(55,56)63-28-16-32(46-13-11-31(42)45-40(46)51)60-29(28)18-58-64(52,53)54/h4-5,7-8,10-13,20,22-23,25-26,28-30,32,34-35,37,48H,6,9,14-19H2,1-3H3,(H2,41,43)(H,55,56)(H2,42,45,51)(H2,52,53,54)/t22-,23?,25?,26?,28-,29+,30+,32+,34+,35+,37+/m0/s1. The number of aliphatic hydroxyl groups is 1. The van der Waals surface area contributed by atoms with Gasteiger partial charge in [0.05, 0.1) is 37.1 Å². The third-order valence-electron chi connectivity index (χ3n) is 11.9. The number of phosphoric ester groups is 2. The largest absolute Gasteiger partial charge is 0.472 e. The van der Waals surface area contributed by atoms with Crippen LogP contribution < -0.4 is 17.2 Å². The van der Waals surface area contributed by atoms with Crippen molar-refractivity contribution in [2.75, 3.05) is 24.7 Å². The number of rotatable bonds is 18. The Labute approximate surface area is 372 Å². The van der Waals surface area contributed by atoms with Crippen LogP contribution in [0.2, 0.25) is 0 Å². The van der Waals surface area contributed by atoms with E-state index in [1.165, 1.54) is 35.4 Å². The molecule has 25 heteroatoms. The lowest BCUT2D eigenvalue weighted by Gasteiger charge is -2.25. The second kappa shape index (κ2) is 20.1. The number of carbonyl (C=O) groups excluding carboxylic acids is 2. The Morgan fingerprint density at radius 2 is 1.71 bits per heavy atom. The molecule has 1 aromatic carbocycles. The maximum absolute atomic E-state index is 13.7. The lowest BCUT2D eigenvalue weighted by molar-refractivity contribution is -0.161. The number of pyridine rings is 1. The van der Waals surface area contributed by atoms with E-state index in [2.05, 4.69) is 19.5 Å². The van der Waals surface area contributed by atoms with Crippen LogP contribution in [0, 0.1) is 30.6 Å². The molecule has 4 unspecified atom stereocenters. The first-order valence-corrected chi connectivity index (χ1v) is 24.0. The van der Waals surface area contributed by atoms with E-state index < -0.39 is 89.4 Å². The predicted molar refractivity (Wildman–Crippen MR) is 227 cm³/mol. The van der Waals surface area contributed by atoms with E-state index >= 15 is 0 Å². The van der Waals surface area contributed by atoms with Gasteiger partial charge in [0.25, 0.3) is 0 Å². The molecule has 3 fully saturated rings. The summed E-state index contributed by atoms with van der Waals surface area (Å²) < 4.78 is 66.2. The van der Waals surface area contributed by atoms with Crippen molar-refractivity contribution in [1.82, 2.24) is 24.1 Å². The molecule has 3 aromatic heterocycles. The van der Waals surface area contributed by atoms with Crippen LogP contribution in [0.25, 0.3) is 11.2 Å². The number of hydrogen-bond donors (Lipinski definition) is 6. The molecule has 8 N–H and O–H groups in total. The number of phosphoric acid groups is 2. The molecule has 0 amide bonds. The summed E-state index contributed by atoms with van der Waals surface area (Å²) in [6.07, 6.45) is -3.74. The highest BCUT2D eigenvalue weighted by Crippen LogP contribution is 2.50. The van der Waals surface area contributed by atoms with E-state index in [1.54, 1.807) is 6.92 Å². The van der Waals surface area contributed by atoms with Crippen LogP contribution in [0.1, 0.15) is 69.5 Å². The van der Waals surface area contributed by atoms with Crippen molar-refractivity contribution in [2.45, 2.75) is 102 Å². The third-order valence-corrected chi connectivity index (χ3v) is 13.4. The number of aliphatic hydroxyl groups excluding tert-OH is 1. The molecule has 354 valence electrons. The number of nitrogens with zero attached hydrogens (tertiary/aromatic N) is 5. The lowest BCUT2D eigenvalue weighted by Crippen LogP contribution is -2.39. The molecule has 1 aliphatic carbocycles. The first-order chi connectivity index (χ1) is 30.7. The van der Waals surface area contributed by atoms with Crippen molar-refractivity contribution in [3.05, 3.63) is 76.7 Å². The van der Waals surface area contributed by atoms with Crippen molar-refractivity contribution in [2.24, 2.45) is 23.7 Å². The van der Waals surface area contributed by atoms with Gasteiger partial charge in [-0.15, -0.1) is 0 Å². The monoisotopic (exact) mass is 949 g/mol. The van der Waals surface area contributed by atoms with Crippen molar-refractivity contribution >= 4 is 50.3 Å². The van der Waals surface area contributed by atoms with Crippen LogP contribution in [0.4, 0.5) is 11.5 Å². The molecule has 2 aliphatic heterocycles. The summed E-state index contributed by atoms with van der Waals surface area (Å²) in [4.78, 5) is 81.1. The Morgan fingerprint density at radius 1 is 0.969 bits per heavy atom. The topological polar surface area (TPSA) is 331 Å². The number of imidazole rings is 1. The molecular formula is C40H53N7O16P2. The minimum absolute atomic E-state index is 0.0824. The van der Waals surface area contributed by atoms with Crippen LogP contribution in [-0.4, -0.2) is 99.5 Å². The molecule has 12 atom stereocenters. The number of nitrogen functional groups attached to an aromatic ring is 2. The van der Waals surface area contributed by atoms with Gasteiger partial charge >= 0.3 is 33.3 Å². The highest BCUT2D eigenvalue weighted by Gasteiger charge is 2.50. The van der Waals surface area contributed by atoms with Crippen LogP contribution in [0.15, 0.2) is 59.9 Å². The van der Waals surface area contributed by atoms with Gasteiger partial charge in [0.1, 0.15) is 48.6 Å². The summed E-state index contributed by atoms with van der Waals surface area (Å²) in [6, 6.07) is 10.6. The Morgan fingerprint density at radius 3 is 2.43 bits per heavy atom. The SMILES string of the molecule is Cc1ccc(COC(=O)C2CC(CC[C@H](C)C(=O)O[C@H]3[C@@H](O)[C@H](n4cnc5c(N)ccnc54)O[C@@H]3COP(=O)(O)O[C@H]3C[C@H](n4ccc(N)nc4=O)O[C@@H]3COP(=O)(O)O)CC2C)cc1. The maximum atomic E-state index is 13.7. The fourth-order valence-electron chi connectivity index (χ4n) is 8.43. The van der Waals surface area contributed by atoms with Gasteiger partial charge in [0, 0.05) is 18.8 Å². The fraction of sp³-hybridized carbons (Fsp3) is 0.550. The number of aromatic nitrogens is 5. The van der Waals surface area contributed by atoms with E-state index in [4.69, 9.17) is 39.5 Å². The number of anilines is 2. The number of benzene rings is 1. The van der Waals surface area contributed by atoms with Crippen molar-refractivity contribution in [3.8, 4) is 0 Å². The van der Waals surface area contributed by atoms with E-state index in [0.29, 0.717) is 30.5 Å². The molecule has 1 saturated carbocycles. The number of fused-ring (bicyclic) bond motifs is 1. The predicted octanol–water partition coefficient (Wildman–Crippen LogP) is 3.05. The minimum atomic E-state index is -5.16. The molecule has 65 heavy (non-hydrogen) atoms. The highest BCUT2D eigenvalue weighted by atomic mass is 31.2. The number of carbonyl (C=O) groups is 2. The van der Waals surface area contributed by atoms with E-state index in [9.17, 15) is 43.3 Å². The van der Waals surface area contributed by atoms with Gasteiger partial charge in [0.15, 0.2) is 18.0 Å². The summed E-state index contributed by atoms with van der Waals surface area (Å²) in [5, 5.41) is 11.7. The average Bonchev–Trinajstić information content (AvgIpc) is 4.02. The molecule has 23 nitrogen and oxygen atoms in total. The molecule has 5 heterocycles. The van der Waals surface area contributed by atoms with Crippen LogP contribution >= 0.6 is 15.6 Å².